The summed E-state index contributed by atoms with van der Waals surface area (Å²) in [6.45, 7) is 3.22. The number of hydrogen-bond acceptors (Lipinski definition) is 3. The molecule has 3 saturated heterocycles. The van der Waals surface area contributed by atoms with Gasteiger partial charge in [0.25, 0.3) is 0 Å². The van der Waals surface area contributed by atoms with Crippen LogP contribution in [0.25, 0.3) is 0 Å². The molecular weight excluding hydrogens is 367 g/mol. The van der Waals surface area contributed by atoms with Crippen LogP contribution in [0.2, 0.25) is 0 Å². The zero-order valence-corrected chi connectivity index (χ0v) is 16.0. The lowest BCUT2D eigenvalue weighted by Crippen LogP contribution is -2.54. The minimum atomic E-state index is -4.53. The second-order valence-electron chi connectivity index (χ2n) is 8.57. The molecule has 4 rings (SSSR count). The second-order valence-corrected chi connectivity index (χ2v) is 8.57. The Hall–Kier alpha value is -1.60. The van der Waals surface area contributed by atoms with E-state index in [4.69, 9.17) is 0 Å². The Bertz CT molecular complexity index is 682. The molecule has 0 spiro atoms. The van der Waals surface area contributed by atoms with Gasteiger partial charge in [0.15, 0.2) is 5.41 Å². The van der Waals surface area contributed by atoms with Crippen molar-refractivity contribution in [3.63, 3.8) is 0 Å². The number of halogens is 3. The molecule has 1 aromatic rings. The van der Waals surface area contributed by atoms with Gasteiger partial charge in [0, 0.05) is 26.2 Å². The van der Waals surface area contributed by atoms with Crippen molar-refractivity contribution in [3.05, 3.63) is 35.9 Å². The maximum Gasteiger partial charge on any atom is 0.404 e. The Balaban J connectivity index is 1.49. The van der Waals surface area contributed by atoms with E-state index in [1.165, 1.54) is 4.90 Å². The number of amides is 1. The fourth-order valence-corrected chi connectivity index (χ4v) is 5.12. The highest BCUT2D eigenvalue weighted by atomic mass is 19.4. The van der Waals surface area contributed by atoms with Crippen LogP contribution in [0.5, 0.6) is 0 Å². The van der Waals surface area contributed by atoms with E-state index in [0.717, 1.165) is 31.5 Å². The predicted molar refractivity (Wildman–Crippen MR) is 100 cm³/mol. The van der Waals surface area contributed by atoms with E-state index >= 15 is 0 Å². The number of rotatable bonds is 3. The van der Waals surface area contributed by atoms with E-state index in [1.54, 1.807) is 4.90 Å². The maximum absolute atomic E-state index is 14.2. The summed E-state index contributed by atoms with van der Waals surface area (Å²) in [5.41, 5.74) is -1.29. The van der Waals surface area contributed by atoms with E-state index in [9.17, 15) is 18.0 Å². The molecule has 1 amide bonds. The van der Waals surface area contributed by atoms with Gasteiger partial charge in [-0.25, -0.2) is 0 Å². The van der Waals surface area contributed by atoms with Crippen LogP contribution in [0.3, 0.4) is 0 Å². The SMILES string of the molecule is O=C(N1CC[C@@H]2CNC[C@@H]2CC1)C1(C(F)(F)F)CCN(Cc2ccccc2)C1. The minimum Gasteiger partial charge on any atom is -0.342 e. The number of likely N-dealkylation sites (tertiary alicyclic amines) is 2. The molecule has 0 aromatic heterocycles. The zero-order valence-electron chi connectivity index (χ0n) is 16.0. The smallest absolute Gasteiger partial charge is 0.342 e. The molecule has 0 aliphatic carbocycles. The van der Waals surface area contributed by atoms with Gasteiger partial charge < -0.3 is 10.2 Å². The first-order valence-electron chi connectivity index (χ1n) is 10.2. The quantitative estimate of drug-likeness (QED) is 0.855. The van der Waals surface area contributed by atoms with Crippen molar-refractivity contribution < 1.29 is 18.0 Å². The van der Waals surface area contributed by atoms with Gasteiger partial charge in [0.2, 0.25) is 5.91 Å². The summed E-state index contributed by atoms with van der Waals surface area (Å²) in [5.74, 6) is 0.263. The summed E-state index contributed by atoms with van der Waals surface area (Å²) in [7, 11) is 0. The van der Waals surface area contributed by atoms with Gasteiger partial charge in [-0.2, -0.15) is 13.2 Å². The van der Waals surface area contributed by atoms with Crippen molar-refractivity contribution in [1.29, 1.82) is 0 Å². The normalized spacial score (nSPS) is 31.6. The number of nitrogens with zero attached hydrogens (tertiary/aromatic N) is 2. The molecule has 3 aliphatic rings. The highest BCUT2D eigenvalue weighted by Gasteiger charge is 2.64. The van der Waals surface area contributed by atoms with Crippen LogP contribution in [0.4, 0.5) is 13.2 Å². The van der Waals surface area contributed by atoms with Crippen molar-refractivity contribution in [2.24, 2.45) is 17.3 Å². The van der Waals surface area contributed by atoms with E-state index in [2.05, 4.69) is 5.32 Å². The van der Waals surface area contributed by atoms with Gasteiger partial charge in [-0.3, -0.25) is 9.69 Å². The first-order valence-corrected chi connectivity index (χ1v) is 10.2. The third-order valence-electron chi connectivity index (χ3n) is 6.86. The molecule has 3 fully saturated rings. The van der Waals surface area contributed by atoms with Crippen molar-refractivity contribution in [1.82, 2.24) is 15.1 Å². The molecule has 7 heteroatoms. The summed E-state index contributed by atoms with van der Waals surface area (Å²) in [4.78, 5) is 16.5. The van der Waals surface area contributed by atoms with Crippen LogP contribution in [0.1, 0.15) is 24.8 Å². The van der Waals surface area contributed by atoms with Crippen LogP contribution < -0.4 is 5.32 Å². The first-order chi connectivity index (χ1) is 13.4. The standard InChI is InChI=1S/C21H28F3N3O/c22-21(23,24)20(8-11-26(15-20)14-16-4-2-1-3-5-16)19(28)27-9-6-17-12-25-13-18(17)7-10-27/h1-5,17-18,25H,6-15H2/t17-,18+,20?. The third-order valence-corrected chi connectivity index (χ3v) is 6.86. The van der Waals surface area contributed by atoms with Crippen molar-refractivity contribution >= 4 is 5.91 Å². The molecule has 4 nitrogen and oxygen atoms in total. The average molecular weight is 395 g/mol. The molecule has 3 aliphatic heterocycles. The van der Waals surface area contributed by atoms with Gasteiger partial charge in [-0.1, -0.05) is 30.3 Å². The lowest BCUT2D eigenvalue weighted by molar-refractivity contribution is -0.223. The van der Waals surface area contributed by atoms with E-state index in [1.807, 2.05) is 30.3 Å². The van der Waals surface area contributed by atoms with E-state index in [0.29, 0.717) is 38.0 Å². The Morgan fingerprint density at radius 1 is 1.07 bits per heavy atom. The largest absolute Gasteiger partial charge is 0.404 e. The average Bonchev–Trinajstić information content (AvgIpc) is 3.25. The minimum absolute atomic E-state index is 0.146. The molecule has 28 heavy (non-hydrogen) atoms. The third kappa shape index (κ3) is 3.66. The van der Waals surface area contributed by atoms with E-state index in [-0.39, 0.29) is 13.0 Å². The topological polar surface area (TPSA) is 35.6 Å². The summed E-state index contributed by atoms with van der Waals surface area (Å²) in [6.07, 6.45) is -3.08. The van der Waals surface area contributed by atoms with Gasteiger partial charge in [-0.15, -0.1) is 0 Å². The summed E-state index contributed by atoms with van der Waals surface area (Å²) < 4.78 is 42.5. The molecule has 0 radical (unpaired) electrons. The Morgan fingerprint density at radius 2 is 1.71 bits per heavy atom. The molecule has 3 heterocycles. The van der Waals surface area contributed by atoms with E-state index < -0.39 is 17.5 Å². The van der Waals surface area contributed by atoms with Crippen molar-refractivity contribution in [2.45, 2.75) is 32.0 Å². The fraction of sp³-hybridized carbons (Fsp3) is 0.667. The second kappa shape index (κ2) is 7.67. The number of benzene rings is 1. The zero-order chi connectivity index (χ0) is 19.8. The molecule has 1 N–H and O–H groups in total. The van der Waals surface area contributed by atoms with Crippen molar-refractivity contribution in [2.75, 3.05) is 39.3 Å². The number of alkyl halides is 3. The van der Waals surface area contributed by atoms with Crippen LogP contribution in [-0.4, -0.2) is 61.2 Å². The molecule has 3 atom stereocenters. The number of hydrogen-bond donors (Lipinski definition) is 1. The highest BCUT2D eigenvalue weighted by molar-refractivity contribution is 5.84. The first kappa shape index (κ1) is 19.7. The summed E-state index contributed by atoms with van der Waals surface area (Å²) in [6, 6.07) is 9.49. The summed E-state index contributed by atoms with van der Waals surface area (Å²) >= 11 is 0. The summed E-state index contributed by atoms with van der Waals surface area (Å²) in [5, 5.41) is 3.36. The molecule has 0 bridgehead atoms. The fourth-order valence-electron chi connectivity index (χ4n) is 5.12. The van der Waals surface area contributed by atoms with Crippen molar-refractivity contribution in [3.8, 4) is 0 Å². The number of fused-ring (bicyclic) bond motifs is 1. The number of carbonyl (C=O) groups excluding carboxylic acids is 1. The molecule has 154 valence electrons. The molecule has 1 unspecified atom stereocenters. The number of carbonyl (C=O) groups is 1. The Kier molecular flexibility index (Phi) is 5.40. The Labute approximate surface area is 164 Å². The lowest BCUT2D eigenvalue weighted by Gasteiger charge is -2.35. The number of nitrogens with one attached hydrogen (secondary N) is 1. The molecular formula is C21H28F3N3O. The predicted octanol–water partition coefficient (Wildman–Crippen LogP) is 2.90. The molecule has 1 aromatic carbocycles. The maximum atomic E-state index is 14.2. The van der Waals surface area contributed by atoms with Gasteiger partial charge >= 0.3 is 6.18 Å². The monoisotopic (exact) mass is 395 g/mol. The molecule has 0 saturated carbocycles. The highest BCUT2D eigenvalue weighted by Crippen LogP contribution is 2.47. The van der Waals surface area contributed by atoms with Gasteiger partial charge in [0.05, 0.1) is 0 Å². The van der Waals surface area contributed by atoms with Crippen LogP contribution in [0.15, 0.2) is 30.3 Å². The lowest BCUT2D eigenvalue weighted by atomic mass is 9.84. The van der Waals surface area contributed by atoms with Crippen LogP contribution >= 0.6 is 0 Å². The van der Waals surface area contributed by atoms with Gasteiger partial charge in [-0.05, 0) is 56.3 Å². The van der Waals surface area contributed by atoms with Gasteiger partial charge in [0.1, 0.15) is 0 Å². The Morgan fingerprint density at radius 3 is 2.32 bits per heavy atom. The van der Waals surface area contributed by atoms with Crippen LogP contribution in [0, 0.1) is 17.3 Å². The van der Waals surface area contributed by atoms with Crippen LogP contribution in [-0.2, 0) is 11.3 Å².